The van der Waals surface area contributed by atoms with Gasteiger partial charge < -0.3 is 9.97 Å². The molecule has 0 aliphatic carbocycles. The Kier molecular flexibility index (Phi) is 6.54. The molecule has 43 heavy (non-hydrogen) atoms. The van der Waals surface area contributed by atoms with E-state index in [0.717, 1.165) is 33.2 Å². The van der Waals surface area contributed by atoms with Crippen molar-refractivity contribution in [3.05, 3.63) is 125 Å². The number of pyridine rings is 2. The third-order valence-corrected chi connectivity index (χ3v) is 8.87. The van der Waals surface area contributed by atoms with E-state index in [9.17, 15) is 0 Å². The van der Waals surface area contributed by atoms with E-state index >= 15 is 0 Å². The molecule has 0 radical (unpaired) electrons. The summed E-state index contributed by atoms with van der Waals surface area (Å²) >= 11 is 0. The van der Waals surface area contributed by atoms with E-state index in [1.54, 1.807) is 0 Å². The zero-order valence-electron chi connectivity index (χ0n) is 25.6. The van der Waals surface area contributed by atoms with Crippen molar-refractivity contribution in [2.75, 3.05) is 0 Å². The van der Waals surface area contributed by atoms with Crippen LogP contribution in [0.4, 0.5) is 0 Å². The first-order valence-electron chi connectivity index (χ1n) is 14.9. The maximum absolute atomic E-state index is 4.59. The van der Waals surface area contributed by atoms with Crippen molar-refractivity contribution in [2.24, 2.45) is 0 Å². The van der Waals surface area contributed by atoms with Crippen LogP contribution in [0.3, 0.4) is 0 Å². The van der Waals surface area contributed by atoms with Gasteiger partial charge in [-0.3, -0.25) is 0 Å². The van der Waals surface area contributed by atoms with Gasteiger partial charge in [0.25, 0.3) is 0 Å². The number of nitrogens with one attached hydrogen (secondary N) is 2. The van der Waals surface area contributed by atoms with Crippen molar-refractivity contribution < 1.29 is 0 Å². The Balaban J connectivity index is 1.57. The summed E-state index contributed by atoms with van der Waals surface area (Å²) in [5.41, 5.74) is 18.3. The smallest absolute Gasteiger partial charge is 0.242 e. The molecule has 0 saturated carbocycles. The van der Waals surface area contributed by atoms with Gasteiger partial charge in [0, 0.05) is 46.7 Å². The van der Waals surface area contributed by atoms with Crippen LogP contribution in [0.5, 0.6) is 0 Å². The summed E-state index contributed by atoms with van der Waals surface area (Å²) in [6, 6.07) is 24.7. The van der Waals surface area contributed by atoms with E-state index in [4.69, 9.17) is 0 Å². The molecule has 7 rings (SSSR count). The van der Waals surface area contributed by atoms with E-state index in [1.807, 2.05) is 24.5 Å². The van der Waals surface area contributed by atoms with Crippen LogP contribution >= 0.6 is 0 Å². The number of aromatic nitrogens is 4. The lowest BCUT2D eigenvalue weighted by Crippen LogP contribution is -2.56. The summed E-state index contributed by atoms with van der Waals surface area (Å²) in [5, 5.41) is 2.24. The second-order valence-electron chi connectivity index (χ2n) is 12.1. The molecule has 0 aliphatic rings. The van der Waals surface area contributed by atoms with Gasteiger partial charge in [0.15, 0.2) is 0 Å². The van der Waals surface area contributed by atoms with E-state index in [2.05, 4.69) is 128 Å². The maximum Gasteiger partial charge on any atom is 0.242 e. The number of aromatic amines is 2. The van der Waals surface area contributed by atoms with Crippen LogP contribution in [-0.4, -0.2) is 26.6 Å². The van der Waals surface area contributed by atoms with Crippen LogP contribution in [0.1, 0.15) is 33.4 Å². The SMILES string of the molecule is Cc1cc(C)c(B(c2cc(-c3c[nH]c4ncccc34)cc(-c3c[nH]c4ncccc34)c2)c2c(C)cc(C)cc2C)c(C)c1. The summed E-state index contributed by atoms with van der Waals surface area (Å²) < 4.78 is 0. The average Bonchev–Trinajstić information content (AvgIpc) is 3.60. The maximum atomic E-state index is 4.59. The fourth-order valence-corrected chi connectivity index (χ4v) is 7.29. The standard InChI is InChI=1S/C38H35BN4/c1-22-13-24(3)35(25(4)14-22)39(36-26(5)15-23(2)16-27(36)6)30-18-28(33-20-42-37-31(33)9-7-11-40-37)17-29(19-30)34-21-43-38-32(34)10-8-12-41-38/h7-21H,1-6H3,(H,40,42)(H,41,43). The third-order valence-electron chi connectivity index (χ3n) is 8.87. The first-order valence-corrected chi connectivity index (χ1v) is 14.9. The van der Waals surface area contributed by atoms with E-state index in [1.165, 1.54) is 60.9 Å². The number of fused-ring (bicyclic) bond motifs is 2. The number of hydrogen-bond acceptors (Lipinski definition) is 2. The molecule has 0 fully saturated rings. The van der Waals surface area contributed by atoms with E-state index in [0.29, 0.717) is 0 Å². The molecule has 0 aliphatic heterocycles. The van der Waals surface area contributed by atoms with Gasteiger partial charge in [0.05, 0.1) is 0 Å². The average molecular weight is 559 g/mol. The van der Waals surface area contributed by atoms with Gasteiger partial charge >= 0.3 is 0 Å². The molecule has 0 amide bonds. The molecule has 2 N–H and O–H groups in total. The molecule has 0 bridgehead atoms. The van der Waals surface area contributed by atoms with Gasteiger partial charge in [-0.05, 0) is 83.0 Å². The number of hydrogen-bond donors (Lipinski definition) is 2. The second kappa shape index (κ2) is 10.4. The predicted molar refractivity (Wildman–Crippen MR) is 183 cm³/mol. The van der Waals surface area contributed by atoms with Crippen LogP contribution in [0.25, 0.3) is 44.3 Å². The van der Waals surface area contributed by atoms with Crippen LogP contribution in [0.2, 0.25) is 0 Å². The number of rotatable bonds is 5. The zero-order chi connectivity index (χ0) is 29.8. The Labute approximate surface area is 253 Å². The lowest BCUT2D eigenvalue weighted by molar-refractivity contribution is 1.33. The summed E-state index contributed by atoms with van der Waals surface area (Å²) in [4.78, 5) is 16.0. The molecule has 4 nitrogen and oxygen atoms in total. The van der Waals surface area contributed by atoms with Crippen molar-refractivity contribution in [3.63, 3.8) is 0 Å². The minimum atomic E-state index is 0.0616. The lowest BCUT2D eigenvalue weighted by Gasteiger charge is -2.25. The molecular weight excluding hydrogens is 523 g/mol. The number of aryl methyl sites for hydroxylation is 6. The molecule has 5 heteroatoms. The fourth-order valence-electron chi connectivity index (χ4n) is 7.29. The topological polar surface area (TPSA) is 57.4 Å². The van der Waals surface area contributed by atoms with Gasteiger partial charge in [-0.1, -0.05) is 86.2 Å². The highest BCUT2D eigenvalue weighted by Gasteiger charge is 2.29. The van der Waals surface area contributed by atoms with Gasteiger partial charge in [-0.15, -0.1) is 0 Å². The van der Waals surface area contributed by atoms with E-state index < -0.39 is 0 Å². The summed E-state index contributed by atoms with van der Waals surface area (Å²) in [5.74, 6) is 0. The van der Waals surface area contributed by atoms with Gasteiger partial charge in [0.2, 0.25) is 6.71 Å². The fraction of sp³-hybridized carbons (Fsp3) is 0.158. The summed E-state index contributed by atoms with van der Waals surface area (Å²) in [6.07, 6.45) is 7.87. The predicted octanol–water partition coefficient (Wildman–Crippen LogP) is 7.14. The Morgan fingerprint density at radius 2 is 0.953 bits per heavy atom. The normalized spacial score (nSPS) is 11.5. The molecule has 0 spiro atoms. The first kappa shape index (κ1) is 27.0. The van der Waals surface area contributed by atoms with Crippen LogP contribution in [0, 0.1) is 41.5 Å². The van der Waals surface area contributed by atoms with E-state index in [-0.39, 0.29) is 6.71 Å². The molecule has 4 heterocycles. The monoisotopic (exact) mass is 558 g/mol. The highest BCUT2D eigenvalue weighted by atomic mass is 14.8. The molecule has 0 unspecified atom stereocenters. The van der Waals surface area contributed by atoms with Crippen molar-refractivity contribution in [1.82, 2.24) is 19.9 Å². The van der Waals surface area contributed by atoms with Crippen LogP contribution < -0.4 is 16.4 Å². The number of H-pyrrole nitrogens is 2. The largest absolute Gasteiger partial charge is 0.346 e. The van der Waals surface area contributed by atoms with Crippen LogP contribution in [-0.2, 0) is 0 Å². The Hall–Kier alpha value is -4.90. The molecule has 4 aromatic heterocycles. The van der Waals surface area contributed by atoms with Gasteiger partial charge in [0.1, 0.15) is 11.3 Å². The molecule has 3 aromatic carbocycles. The molecular formula is C38H35BN4. The molecule has 210 valence electrons. The zero-order valence-corrected chi connectivity index (χ0v) is 25.6. The summed E-state index contributed by atoms with van der Waals surface area (Å²) in [6.45, 7) is 13.5. The second-order valence-corrected chi connectivity index (χ2v) is 12.1. The first-order chi connectivity index (χ1) is 20.8. The Morgan fingerprint density at radius 1 is 0.535 bits per heavy atom. The van der Waals surface area contributed by atoms with Crippen molar-refractivity contribution in [3.8, 4) is 22.3 Å². The highest BCUT2D eigenvalue weighted by molar-refractivity contribution is 6.96. The molecule has 0 atom stereocenters. The van der Waals surface area contributed by atoms with Crippen molar-refractivity contribution in [1.29, 1.82) is 0 Å². The van der Waals surface area contributed by atoms with Crippen molar-refractivity contribution >= 4 is 45.2 Å². The van der Waals surface area contributed by atoms with Gasteiger partial charge in [-0.25, -0.2) is 9.97 Å². The summed E-state index contributed by atoms with van der Waals surface area (Å²) in [7, 11) is 0. The molecule has 0 saturated heterocycles. The minimum absolute atomic E-state index is 0.0616. The number of benzene rings is 3. The highest BCUT2D eigenvalue weighted by Crippen LogP contribution is 2.33. The van der Waals surface area contributed by atoms with Gasteiger partial charge in [-0.2, -0.15) is 0 Å². The minimum Gasteiger partial charge on any atom is -0.346 e. The van der Waals surface area contributed by atoms with Crippen LogP contribution in [0.15, 0.2) is 91.5 Å². The quantitative estimate of drug-likeness (QED) is 0.221. The molecule has 7 aromatic rings. The van der Waals surface area contributed by atoms with Crippen molar-refractivity contribution in [2.45, 2.75) is 41.5 Å². The number of nitrogens with zero attached hydrogens (tertiary/aromatic N) is 2. The Morgan fingerprint density at radius 3 is 1.37 bits per heavy atom. The Bertz CT molecular complexity index is 1970. The lowest BCUT2D eigenvalue weighted by atomic mass is 9.34. The third kappa shape index (κ3) is 4.66.